The minimum Gasteiger partial charge on any atom is -0.310 e. The number of hydrogen-bond acceptors (Lipinski definition) is 1. The van der Waals surface area contributed by atoms with Crippen LogP contribution in [-0.4, -0.2) is 6.04 Å². The summed E-state index contributed by atoms with van der Waals surface area (Å²) in [6, 6.07) is 7.16. The largest absolute Gasteiger partial charge is 0.310 e. The minimum atomic E-state index is -2.38. The van der Waals surface area contributed by atoms with E-state index in [4.69, 9.17) is 0 Å². The molecule has 1 aliphatic carbocycles. The fourth-order valence-corrected chi connectivity index (χ4v) is 2.74. The Kier molecular flexibility index (Phi) is 4.70. The Morgan fingerprint density at radius 1 is 1.28 bits per heavy atom. The second kappa shape index (κ2) is 6.28. The number of rotatable bonds is 5. The predicted octanol–water partition coefficient (Wildman–Crippen LogP) is 4.29. The van der Waals surface area contributed by atoms with Gasteiger partial charge < -0.3 is 5.32 Å². The lowest BCUT2D eigenvalue weighted by molar-refractivity contribution is 0.151. The molecular weight excluding hydrogens is 232 g/mol. The van der Waals surface area contributed by atoms with Crippen molar-refractivity contribution in [2.24, 2.45) is 5.92 Å². The molecule has 0 spiro atoms. The van der Waals surface area contributed by atoms with E-state index in [1.165, 1.54) is 31.7 Å². The number of halogens is 2. The molecule has 0 radical (unpaired) electrons. The smallest absolute Gasteiger partial charge is 0.263 e. The van der Waals surface area contributed by atoms with Crippen LogP contribution in [0.4, 0.5) is 8.78 Å². The van der Waals surface area contributed by atoms with E-state index < -0.39 is 6.43 Å². The summed E-state index contributed by atoms with van der Waals surface area (Å²) in [4.78, 5) is 0. The third kappa shape index (κ3) is 3.52. The summed E-state index contributed by atoms with van der Waals surface area (Å²) in [5, 5.41) is 3.46. The lowest BCUT2D eigenvalue weighted by atomic mass is 9.99. The van der Waals surface area contributed by atoms with E-state index in [2.05, 4.69) is 12.2 Å². The summed E-state index contributed by atoms with van der Waals surface area (Å²) in [5.41, 5.74) is 1.06. The Bertz CT molecular complexity index is 373. The van der Waals surface area contributed by atoms with Gasteiger partial charge >= 0.3 is 0 Å². The van der Waals surface area contributed by atoms with Gasteiger partial charge in [-0.2, -0.15) is 0 Å². The molecule has 0 aliphatic heterocycles. The molecule has 1 N–H and O–H groups in total. The van der Waals surface area contributed by atoms with Crippen LogP contribution in [0.3, 0.4) is 0 Å². The van der Waals surface area contributed by atoms with Gasteiger partial charge in [0.15, 0.2) is 0 Å². The van der Waals surface area contributed by atoms with E-state index >= 15 is 0 Å². The van der Waals surface area contributed by atoms with Crippen LogP contribution in [0.2, 0.25) is 0 Å². The average molecular weight is 253 g/mol. The van der Waals surface area contributed by atoms with E-state index in [0.717, 1.165) is 11.5 Å². The zero-order chi connectivity index (χ0) is 13.0. The van der Waals surface area contributed by atoms with Crippen LogP contribution in [-0.2, 0) is 6.54 Å². The van der Waals surface area contributed by atoms with Gasteiger partial charge in [0.05, 0.1) is 0 Å². The van der Waals surface area contributed by atoms with Crippen molar-refractivity contribution >= 4 is 0 Å². The molecular formula is C15H21F2N. The van der Waals surface area contributed by atoms with E-state index in [0.29, 0.717) is 12.6 Å². The monoisotopic (exact) mass is 253 g/mol. The molecule has 18 heavy (non-hydrogen) atoms. The topological polar surface area (TPSA) is 12.0 Å². The Morgan fingerprint density at radius 2 is 2.00 bits per heavy atom. The van der Waals surface area contributed by atoms with Crippen LogP contribution in [0.1, 0.15) is 50.2 Å². The fraction of sp³-hybridized carbons (Fsp3) is 0.600. The zero-order valence-electron chi connectivity index (χ0n) is 10.8. The number of hydrogen-bond donors (Lipinski definition) is 1. The molecule has 0 aromatic heterocycles. The van der Waals surface area contributed by atoms with Gasteiger partial charge in [-0.25, -0.2) is 8.78 Å². The molecule has 0 amide bonds. The van der Waals surface area contributed by atoms with Crippen molar-refractivity contribution < 1.29 is 8.78 Å². The molecule has 1 saturated carbocycles. The van der Waals surface area contributed by atoms with Gasteiger partial charge in [0, 0.05) is 18.2 Å². The highest BCUT2D eigenvalue weighted by atomic mass is 19.3. The molecule has 1 fully saturated rings. The number of nitrogens with one attached hydrogen (secondary N) is 1. The standard InChI is InChI=1S/C15H21F2N/c1-11(13-6-2-3-7-13)18-10-12-5-4-8-14(9-12)15(16)17/h4-5,8-9,11,13,15,18H,2-3,6-7,10H2,1H3/t11-/m0/s1. The summed E-state index contributed by atoms with van der Waals surface area (Å²) in [6.07, 6.45) is 2.88. The van der Waals surface area contributed by atoms with Gasteiger partial charge in [-0.05, 0) is 37.3 Å². The quantitative estimate of drug-likeness (QED) is 0.825. The van der Waals surface area contributed by atoms with Gasteiger partial charge in [-0.1, -0.05) is 31.0 Å². The Hall–Kier alpha value is -0.960. The van der Waals surface area contributed by atoms with E-state index in [1.807, 2.05) is 6.07 Å². The highest BCUT2D eigenvalue weighted by molar-refractivity contribution is 5.24. The summed E-state index contributed by atoms with van der Waals surface area (Å²) in [7, 11) is 0. The van der Waals surface area contributed by atoms with Crippen molar-refractivity contribution in [2.45, 2.75) is 51.6 Å². The molecule has 1 aliphatic rings. The highest BCUT2D eigenvalue weighted by Crippen LogP contribution is 2.27. The SMILES string of the molecule is C[C@H](NCc1cccc(C(F)F)c1)C1CCCC1. The van der Waals surface area contributed by atoms with Crippen LogP contribution < -0.4 is 5.32 Å². The predicted molar refractivity (Wildman–Crippen MR) is 69.7 cm³/mol. The number of benzene rings is 1. The van der Waals surface area contributed by atoms with Gasteiger partial charge in [0.2, 0.25) is 0 Å². The minimum absolute atomic E-state index is 0.114. The second-order valence-corrected chi connectivity index (χ2v) is 5.26. The fourth-order valence-electron chi connectivity index (χ4n) is 2.74. The van der Waals surface area contributed by atoms with Crippen molar-refractivity contribution in [3.05, 3.63) is 35.4 Å². The van der Waals surface area contributed by atoms with Crippen molar-refractivity contribution in [3.8, 4) is 0 Å². The third-order valence-electron chi connectivity index (χ3n) is 3.94. The van der Waals surface area contributed by atoms with E-state index in [1.54, 1.807) is 12.1 Å². The van der Waals surface area contributed by atoms with Crippen molar-refractivity contribution in [1.82, 2.24) is 5.32 Å². The second-order valence-electron chi connectivity index (χ2n) is 5.26. The first-order chi connectivity index (χ1) is 8.66. The van der Waals surface area contributed by atoms with Gasteiger partial charge in [-0.15, -0.1) is 0 Å². The number of alkyl halides is 2. The Labute approximate surface area is 108 Å². The lowest BCUT2D eigenvalue weighted by Gasteiger charge is -2.20. The summed E-state index contributed by atoms with van der Waals surface area (Å²) >= 11 is 0. The Balaban J connectivity index is 1.87. The van der Waals surface area contributed by atoms with Crippen molar-refractivity contribution in [3.63, 3.8) is 0 Å². The van der Waals surface area contributed by atoms with E-state index in [-0.39, 0.29) is 5.56 Å². The molecule has 1 aromatic rings. The summed E-state index contributed by atoms with van der Waals surface area (Å²) < 4.78 is 25.1. The maximum Gasteiger partial charge on any atom is 0.263 e. The van der Waals surface area contributed by atoms with Gasteiger partial charge in [0.25, 0.3) is 6.43 Å². The van der Waals surface area contributed by atoms with E-state index in [9.17, 15) is 8.78 Å². The molecule has 0 bridgehead atoms. The molecule has 2 rings (SSSR count). The first kappa shape index (κ1) is 13.5. The molecule has 1 nitrogen and oxygen atoms in total. The van der Waals surface area contributed by atoms with Crippen molar-refractivity contribution in [1.29, 1.82) is 0 Å². The average Bonchev–Trinajstić information content (AvgIpc) is 2.90. The molecule has 100 valence electrons. The molecule has 1 aromatic carbocycles. The first-order valence-corrected chi connectivity index (χ1v) is 6.77. The third-order valence-corrected chi connectivity index (χ3v) is 3.94. The summed E-state index contributed by atoms with van der Waals surface area (Å²) in [6.45, 7) is 2.88. The zero-order valence-corrected chi connectivity index (χ0v) is 10.8. The van der Waals surface area contributed by atoms with Gasteiger partial charge in [0.1, 0.15) is 0 Å². The van der Waals surface area contributed by atoms with Gasteiger partial charge in [-0.3, -0.25) is 0 Å². The maximum atomic E-state index is 12.6. The van der Waals surface area contributed by atoms with Crippen LogP contribution in [0, 0.1) is 5.92 Å². The summed E-state index contributed by atoms with van der Waals surface area (Å²) in [5.74, 6) is 0.753. The molecule has 1 atom stereocenters. The first-order valence-electron chi connectivity index (χ1n) is 6.77. The Morgan fingerprint density at radius 3 is 2.67 bits per heavy atom. The van der Waals surface area contributed by atoms with Crippen molar-refractivity contribution in [2.75, 3.05) is 0 Å². The normalized spacial score (nSPS) is 18.4. The maximum absolute atomic E-state index is 12.6. The lowest BCUT2D eigenvalue weighted by Crippen LogP contribution is -2.31. The van der Waals surface area contributed by atoms with Crippen LogP contribution in [0.5, 0.6) is 0 Å². The van der Waals surface area contributed by atoms with Crippen LogP contribution in [0.15, 0.2) is 24.3 Å². The van der Waals surface area contributed by atoms with Crippen LogP contribution >= 0.6 is 0 Å². The molecule has 3 heteroatoms. The highest BCUT2D eigenvalue weighted by Gasteiger charge is 2.20. The molecule has 0 saturated heterocycles. The molecule has 0 unspecified atom stereocenters. The van der Waals surface area contributed by atoms with Crippen LogP contribution in [0.25, 0.3) is 0 Å². The molecule has 0 heterocycles.